The third-order valence-electron chi connectivity index (χ3n) is 3.82. The van der Waals surface area contributed by atoms with Crippen molar-refractivity contribution in [1.82, 2.24) is 15.0 Å². The molecule has 3 aromatic rings. The van der Waals surface area contributed by atoms with Crippen LogP contribution in [0.2, 0.25) is 0 Å². The van der Waals surface area contributed by atoms with Gasteiger partial charge in [-0.25, -0.2) is 15.0 Å². The van der Waals surface area contributed by atoms with E-state index < -0.39 is 0 Å². The molecule has 0 atom stereocenters. The molecular formula is C18H16N4O. The van der Waals surface area contributed by atoms with Crippen molar-refractivity contribution in [3.63, 3.8) is 0 Å². The number of fused-ring (bicyclic) bond motifs is 1. The van der Waals surface area contributed by atoms with E-state index in [1.54, 1.807) is 12.4 Å². The molecule has 4 rings (SSSR count). The summed E-state index contributed by atoms with van der Waals surface area (Å²) in [4.78, 5) is 12.7. The van der Waals surface area contributed by atoms with Crippen LogP contribution in [0.3, 0.4) is 0 Å². The molecule has 0 bridgehead atoms. The summed E-state index contributed by atoms with van der Waals surface area (Å²) in [6.45, 7) is 1.42. The topological polar surface area (TPSA) is 59.9 Å². The average molecular weight is 304 g/mol. The van der Waals surface area contributed by atoms with Gasteiger partial charge in [0, 0.05) is 36.5 Å². The zero-order valence-corrected chi connectivity index (χ0v) is 12.6. The van der Waals surface area contributed by atoms with Gasteiger partial charge in [0.1, 0.15) is 17.9 Å². The van der Waals surface area contributed by atoms with Gasteiger partial charge >= 0.3 is 0 Å². The first kappa shape index (κ1) is 13.7. The van der Waals surface area contributed by atoms with Gasteiger partial charge in [0.15, 0.2) is 0 Å². The Morgan fingerprint density at radius 2 is 2.00 bits per heavy atom. The molecule has 0 amide bonds. The quantitative estimate of drug-likeness (QED) is 0.802. The van der Waals surface area contributed by atoms with Crippen molar-refractivity contribution in [2.24, 2.45) is 0 Å². The number of benzene rings is 1. The fraction of sp³-hybridized carbons (Fsp3) is 0.167. The van der Waals surface area contributed by atoms with Gasteiger partial charge < -0.3 is 10.1 Å². The number of rotatable bonds is 4. The highest BCUT2D eigenvalue weighted by Crippen LogP contribution is 2.30. The fourth-order valence-electron chi connectivity index (χ4n) is 2.65. The molecule has 0 unspecified atom stereocenters. The number of hydrogen-bond acceptors (Lipinski definition) is 5. The summed E-state index contributed by atoms with van der Waals surface area (Å²) >= 11 is 0. The van der Waals surface area contributed by atoms with Crippen molar-refractivity contribution in [2.45, 2.75) is 13.0 Å². The zero-order valence-electron chi connectivity index (χ0n) is 12.6. The lowest BCUT2D eigenvalue weighted by Crippen LogP contribution is -2.02. The lowest BCUT2D eigenvalue weighted by molar-refractivity contribution is 0.357. The van der Waals surface area contributed by atoms with E-state index in [-0.39, 0.29) is 0 Å². The lowest BCUT2D eigenvalue weighted by Gasteiger charge is -2.08. The number of nitrogens with zero attached hydrogens (tertiary/aromatic N) is 3. The Hall–Kier alpha value is -2.95. The Balaban J connectivity index is 1.54. The van der Waals surface area contributed by atoms with Crippen LogP contribution in [0.4, 0.5) is 5.82 Å². The Bertz CT molecular complexity index is 820. The van der Waals surface area contributed by atoms with E-state index in [4.69, 9.17) is 9.72 Å². The highest BCUT2D eigenvalue weighted by molar-refractivity contribution is 5.64. The van der Waals surface area contributed by atoms with E-state index in [2.05, 4.69) is 27.4 Å². The minimum Gasteiger partial charge on any atom is -0.493 e. The van der Waals surface area contributed by atoms with Crippen LogP contribution >= 0.6 is 0 Å². The van der Waals surface area contributed by atoms with Gasteiger partial charge in [-0.3, -0.25) is 0 Å². The van der Waals surface area contributed by atoms with Crippen LogP contribution in [-0.2, 0) is 13.0 Å². The van der Waals surface area contributed by atoms with Crippen molar-refractivity contribution in [2.75, 3.05) is 11.9 Å². The van der Waals surface area contributed by atoms with Gasteiger partial charge in [-0.1, -0.05) is 6.07 Å². The van der Waals surface area contributed by atoms with E-state index in [1.807, 2.05) is 24.3 Å². The first-order valence-corrected chi connectivity index (χ1v) is 7.59. The summed E-state index contributed by atoms with van der Waals surface area (Å²) < 4.78 is 5.56. The maximum Gasteiger partial charge on any atom is 0.126 e. The summed E-state index contributed by atoms with van der Waals surface area (Å²) in [5, 5.41) is 3.31. The highest BCUT2D eigenvalue weighted by atomic mass is 16.5. The van der Waals surface area contributed by atoms with E-state index in [0.717, 1.165) is 41.4 Å². The first-order valence-electron chi connectivity index (χ1n) is 7.59. The molecule has 5 heteroatoms. The molecule has 3 heterocycles. The summed E-state index contributed by atoms with van der Waals surface area (Å²) in [5.74, 6) is 1.83. The van der Waals surface area contributed by atoms with Crippen LogP contribution in [-0.4, -0.2) is 21.6 Å². The van der Waals surface area contributed by atoms with Gasteiger partial charge in [0.2, 0.25) is 0 Å². The van der Waals surface area contributed by atoms with E-state index >= 15 is 0 Å². The van der Waals surface area contributed by atoms with Crippen LogP contribution < -0.4 is 10.1 Å². The average Bonchev–Trinajstić information content (AvgIpc) is 3.09. The molecule has 0 aliphatic carbocycles. The van der Waals surface area contributed by atoms with Crippen molar-refractivity contribution >= 4 is 5.82 Å². The van der Waals surface area contributed by atoms with Crippen molar-refractivity contribution in [1.29, 1.82) is 0 Å². The molecular weight excluding hydrogens is 288 g/mol. The third kappa shape index (κ3) is 2.99. The van der Waals surface area contributed by atoms with Gasteiger partial charge in [0.25, 0.3) is 0 Å². The van der Waals surface area contributed by atoms with Gasteiger partial charge in [-0.15, -0.1) is 0 Å². The molecule has 1 aliphatic heterocycles. The van der Waals surface area contributed by atoms with E-state index in [0.29, 0.717) is 6.54 Å². The fourth-order valence-corrected chi connectivity index (χ4v) is 2.65. The molecule has 2 aromatic heterocycles. The SMILES string of the molecule is c1cc(NCc2cncnc2)nc(-c2ccc3c(c2)CCO3)c1. The molecule has 0 saturated heterocycles. The van der Waals surface area contributed by atoms with Crippen LogP contribution in [0.1, 0.15) is 11.1 Å². The van der Waals surface area contributed by atoms with Gasteiger partial charge in [-0.2, -0.15) is 0 Å². The van der Waals surface area contributed by atoms with Crippen LogP contribution in [0, 0.1) is 0 Å². The second kappa shape index (κ2) is 6.04. The minimum atomic E-state index is 0.648. The second-order valence-electron chi connectivity index (χ2n) is 5.43. The summed E-state index contributed by atoms with van der Waals surface area (Å²) in [6, 6.07) is 12.2. The van der Waals surface area contributed by atoms with Crippen LogP contribution in [0.5, 0.6) is 5.75 Å². The maximum absolute atomic E-state index is 5.56. The van der Waals surface area contributed by atoms with Crippen molar-refractivity contribution < 1.29 is 4.74 Å². The lowest BCUT2D eigenvalue weighted by atomic mass is 10.1. The first-order chi connectivity index (χ1) is 11.4. The van der Waals surface area contributed by atoms with Gasteiger partial charge in [-0.05, 0) is 35.9 Å². The molecule has 23 heavy (non-hydrogen) atoms. The molecule has 1 aromatic carbocycles. The number of anilines is 1. The molecule has 0 saturated carbocycles. The predicted octanol–water partition coefficient (Wildman–Crippen LogP) is 3.09. The number of pyridine rings is 1. The Morgan fingerprint density at radius 3 is 2.91 bits per heavy atom. The number of hydrogen-bond donors (Lipinski definition) is 1. The molecule has 0 radical (unpaired) electrons. The van der Waals surface area contributed by atoms with E-state index in [1.165, 1.54) is 11.9 Å². The predicted molar refractivity (Wildman–Crippen MR) is 88.2 cm³/mol. The Kier molecular flexibility index (Phi) is 3.60. The largest absolute Gasteiger partial charge is 0.493 e. The molecule has 5 nitrogen and oxygen atoms in total. The van der Waals surface area contributed by atoms with Crippen molar-refractivity contribution in [3.05, 3.63) is 66.2 Å². The highest BCUT2D eigenvalue weighted by Gasteiger charge is 2.13. The summed E-state index contributed by atoms with van der Waals surface area (Å²) in [7, 11) is 0. The van der Waals surface area contributed by atoms with Crippen LogP contribution in [0.25, 0.3) is 11.3 Å². The minimum absolute atomic E-state index is 0.648. The van der Waals surface area contributed by atoms with Gasteiger partial charge in [0.05, 0.1) is 12.3 Å². The monoisotopic (exact) mass is 304 g/mol. The Morgan fingerprint density at radius 1 is 1.09 bits per heavy atom. The zero-order chi connectivity index (χ0) is 15.5. The summed E-state index contributed by atoms with van der Waals surface area (Å²) in [5.41, 5.74) is 4.34. The van der Waals surface area contributed by atoms with Crippen molar-refractivity contribution in [3.8, 4) is 17.0 Å². The second-order valence-corrected chi connectivity index (χ2v) is 5.43. The number of ether oxygens (including phenoxy) is 1. The normalized spacial score (nSPS) is 12.5. The van der Waals surface area contributed by atoms with Crippen LogP contribution in [0.15, 0.2) is 55.1 Å². The molecule has 1 N–H and O–H groups in total. The smallest absolute Gasteiger partial charge is 0.126 e. The maximum atomic E-state index is 5.56. The van der Waals surface area contributed by atoms with E-state index in [9.17, 15) is 0 Å². The Labute approximate surface area is 134 Å². The molecule has 114 valence electrons. The summed E-state index contributed by atoms with van der Waals surface area (Å²) in [6.07, 6.45) is 6.09. The number of aromatic nitrogens is 3. The molecule has 1 aliphatic rings. The number of nitrogens with one attached hydrogen (secondary N) is 1. The molecule has 0 fully saturated rings. The third-order valence-corrected chi connectivity index (χ3v) is 3.82. The molecule has 0 spiro atoms. The standard InChI is InChI=1S/C18H16N4O/c1-2-16(14-4-5-17-15(8-14)6-7-23-17)22-18(3-1)21-11-13-9-19-12-20-10-13/h1-5,8-10,12H,6-7,11H2,(H,21,22).